The summed E-state index contributed by atoms with van der Waals surface area (Å²) in [4.78, 5) is 12.8. The Kier molecular flexibility index (Phi) is 3.19. The lowest BCUT2D eigenvalue weighted by molar-refractivity contribution is -0.152. The van der Waals surface area contributed by atoms with Crippen LogP contribution in [0.1, 0.15) is 13.3 Å². The molecule has 1 aliphatic rings. The number of halogens is 3. The van der Waals surface area contributed by atoms with Crippen LogP contribution in [0.3, 0.4) is 0 Å². The third kappa shape index (κ3) is 2.75. The van der Waals surface area contributed by atoms with Crippen LogP contribution >= 0.6 is 0 Å². The van der Waals surface area contributed by atoms with Crippen molar-refractivity contribution in [2.45, 2.75) is 25.6 Å². The predicted molar refractivity (Wildman–Crippen MR) is 59.6 cm³/mol. The molecule has 1 aliphatic heterocycles. The van der Waals surface area contributed by atoms with Gasteiger partial charge in [0.05, 0.1) is 12.2 Å². The number of hydrogen-bond acceptors (Lipinski definition) is 2. The number of rotatable bonds is 1. The summed E-state index contributed by atoms with van der Waals surface area (Å²) in [6, 6.07) is 6.59. The Bertz CT molecular complexity index is 459. The first-order valence-corrected chi connectivity index (χ1v) is 5.49. The highest BCUT2D eigenvalue weighted by Gasteiger charge is 2.36. The Morgan fingerprint density at radius 3 is 2.78 bits per heavy atom. The van der Waals surface area contributed by atoms with Gasteiger partial charge in [-0.2, -0.15) is 13.2 Å². The van der Waals surface area contributed by atoms with Crippen molar-refractivity contribution < 1.29 is 22.7 Å². The van der Waals surface area contributed by atoms with Crippen molar-refractivity contribution in [2.75, 3.05) is 11.4 Å². The zero-order valence-electron chi connectivity index (χ0n) is 9.70. The van der Waals surface area contributed by atoms with Crippen LogP contribution in [0.5, 0.6) is 5.75 Å². The van der Waals surface area contributed by atoms with E-state index in [1.54, 1.807) is 31.2 Å². The molecule has 18 heavy (non-hydrogen) atoms. The van der Waals surface area contributed by atoms with Crippen molar-refractivity contribution in [3.05, 3.63) is 24.3 Å². The number of fused-ring (bicyclic) bond motifs is 1. The predicted octanol–water partition coefficient (Wildman–Crippen LogP) is 2.75. The summed E-state index contributed by atoms with van der Waals surface area (Å²) in [5, 5.41) is 0. The Balaban J connectivity index is 2.26. The third-order valence-electron chi connectivity index (χ3n) is 2.58. The third-order valence-corrected chi connectivity index (χ3v) is 2.58. The number of ether oxygens (including phenoxy) is 1. The Hall–Kier alpha value is -1.72. The number of benzene rings is 1. The van der Waals surface area contributed by atoms with Crippen molar-refractivity contribution in [3.8, 4) is 5.75 Å². The lowest BCUT2D eigenvalue weighted by Gasteiger charge is -2.33. The zero-order valence-corrected chi connectivity index (χ0v) is 9.70. The fraction of sp³-hybridized carbons (Fsp3) is 0.417. The molecule has 0 radical (unpaired) electrons. The van der Waals surface area contributed by atoms with Crippen molar-refractivity contribution in [2.24, 2.45) is 0 Å². The fourth-order valence-corrected chi connectivity index (χ4v) is 1.89. The highest BCUT2D eigenvalue weighted by Crippen LogP contribution is 2.34. The largest absolute Gasteiger partial charge is 0.487 e. The molecule has 0 spiro atoms. The van der Waals surface area contributed by atoms with E-state index in [1.165, 1.54) is 0 Å². The molecule has 1 aromatic carbocycles. The van der Waals surface area contributed by atoms with Gasteiger partial charge < -0.3 is 9.64 Å². The van der Waals surface area contributed by atoms with Gasteiger partial charge in [0, 0.05) is 0 Å². The van der Waals surface area contributed by atoms with Crippen LogP contribution < -0.4 is 9.64 Å². The number of anilines is 1. The molecule has 0 aliphatic carbocycles. The highest BCUT2D eigenvalue weighted by molar-refractivity contribution is 5.95. The first-order valence-electron chi connectivity index (χ1n) is 5.49. The molecule has 1 heterocycles. The second-order valence-corrected chi connectivity index (χ2v) is 4.19. The first-order chi connectivity index (χ1) is 8.37. The fourth-order valence-electron chi connectivity index (χ4n) is 1.89. The maximum atomic E-state index is 12.3. The molecule has 0 aromatic heterocycles. The molecule has 6 heteroatoms. The minimum Gasteiger partial charge on any atom is -0.487 e. The average molecular weight is 259 g/mol. The van der Waals surface area contributed by atoms with Gasteiger partial charge >= 0.3 is 6.18 Å². The van der Waals surface area contributed by atoms with E-state index in [9.17, 15) is 18.0 Å². The molecule has 0 bridgehead atoms. The number of para-hydroxylation sites is 2. The monoisotopic (exact) mass is 259 g/mol. The molecular weight excluding hydrogens is 247 g/mol. The second kappa shape index (κ2) is 4.51. The molecule has 0 saturated heterocycles. The van der Waals surface area contributed by atoms with Crippen LogP contribution in [-0.2, 0) is 4.79 Å². The Morgan fingerprint density at radius 2 is 2.11 bits per heavy atom. The summed E-state index contributed by atoms with van der Waals surface area (Å²) in [7, 11) is 0. The van der Waals surface area contributed by atoms with Crippen LogP contribution in [0.15, 0.2) is 24.3 Å². The smallest absolute Gasteiger partial charge is 0.397 e. The van der Waals surface area contributed by atoms with Crippen molar-refractivity contribution in [1.82, 2.24) is 0 Å². The Morgan fingerprint density at radius 1 is 1.44 bits per heavy atom. The second-order valence-electron chi connectivity index (χ2n) is 4.19. The number of carbonyl (C=O) groups excluding carboxylic acids is 1. The molecule has 0 N–H and O–H groups in total. The van der Waals surface area contributed by atoms with Gasteiger partial charge in [-0.3, -0.25) is 4.79 Å². The number of alkyl halides is 3. The van der Waals surface area contributed by atoms with Crippen LogP contribution in [0, 0.1) is 0 Å². The van der Waals surface area contributed by atoms with Gasteiger partial charge in [0.15, 0.2) is 0 Å². The Labute approximate surface area is 102 Å². The maximum absolute atomic E-state index is 12.3. The standard InChI is InChI=1S/C12H12F3NO2/c1-8-7-16(11(17)6-12(13,14)15)9-4-2-3-5-10(9)18-8/h2-5,8H,6-7H2,1H3. The van der Waals surface area contributed by atoms with E-state index in [2.05, 4.69) is 0 Å². The zero-order chi connectivity index (χ0) is 13.3. The average Bonchev–Trinajstić information content (AvgIpc) is 2.25. The molecule has 0 saturated carbocycles. The molecule has 98 valence electrons. The van der Waals surface area contributed by atoms with Gasteiger partial charge in [-0.1, -0.05) is 12.1 Å². The quantitative estimate of drug-likeness (QED) is 0.776. The summed E-state index contributed by atoms with van der Waals surface area (Å²) >= 11 is 0. The summed E-state index contributed by atoms with van der Waals surface area (Å²) in [5.41, 5.74) is 0.393. The topological polar surface area (TPSA) is 29.5 Å². The van der Waals surface area contributed by atoms with Gasteiger partial charge in [0.25, 0.3) is 0 Å². The van der Waals surface area contributed by atoms with E-state index in [0.29, 0.717) is 11.4 Å². The number of carbonyl (C=O) groups is 1. The van der Waals surface area contributed by atoms with E-state index in [-0.39, 0.29) is 12.6 Å². The van der Waals surface area contributed by atoms with Crippen molar-refractivity contribution in [1.29, 1.82) is 0 Å². The summed E-state index contributed by atoms with van der Waals surface area (Å²) in [5.74, 6) is -0.517. The van der Waals surface area contributed by atoms with E-state index in [0.717, 1.165) is 4.90 Å². The molecule has 2 rings (SSSR count). The molecule has 3 nitrogen and oxygen atoms in total. The number of amides is 1. The molecule has 1 atom stereocenters. The van der Waals surface area contributed by atoms with E-state index >= 15 is 0 Å². The minimum absolute atomic E-state index is 0.131. The van der Waals surface area contributed by atoms with Gasteiger partial charge in [0.1, 0.15) is 18.3 Å². The van der Waals surface area contributed by atoms with Crippen LogP contribution in [0.4, 0.5) is 18.9 Å². The van der Waals surface area contributed by atoms with Crippen molar-refractivity contribution in [3.63, 3.8) is 0 Å². The molecular formula is C12H12F3NO2. The maximum Gasteiger partial charge on any atom is 0.397 e. The lowest BCUT2D eigenvalue weighted by Crippen LogP contribution is -2.43. The van der Waals surface area contributed by atoms with Gasteiger partial charge in [0.2, 0.25) is 5.91 Å². The molecule has 1 aromatic rings. The van der Waals surface area contributed by atoms with Crippen LogP contribution in [0.25, 0.3) is 0 Å². The van der Waals surface area contributed by atoms with Gasteiger partial charge in [-0.05, 0) is 19.1 Å². The normalized spacial score (nSPS) is 19.1. The molecule has 1 amide bonds. The van der Waals surface area contributed by atoms with E-state index in [4.69, 9.17) is 4.74 Å². The summed E-state index contributed by atoms with van der Waals surface area (Å²) in [6.07, 6.45) is -6.26. The van der Waals surface area contributed by atoms with Crippen LogP contribution in [-0.4, -0.2) is 24.7 Å². The lowest BCUT2D eigenvalue weighted by atomic mass is 10.2. The van der Waals surface area contributed by atoms with E-state index < -0.39 is 18.5 Å². The van der Waals surface area contributed by atoms with Gasteiger partial charge in [-0.15, -0.1) is 0 Å². The van der Waals surface area contributed by atoms with Crippen LogP contribution in [0.2, 0.25) is 0 Å². The summed E-state index contributed by atoms with van der Waals surface area (Å²) in [6.45, 7) is 1.84. The summed E-state index contributed by atoms with van der Waals surface area (Å²) < 4.78 is 42.2. The van der Waals surface area contributed by atoms with Crippen molar-refractivity contribution >= 4 is 11.6 Å². The highest BCUT2D eigenvalue weighted by atomic mass is 19.4. The first kappa shape index (κ1) is 12.7. The van der Waals surface area contributed by atoms with Gasteiger partial charge in [-0.25, -0.2) is 0 Å². The minimum atomic E-state index is -4.49. The SMILES string of the molecule is CC1CN(C(=O)CC(F)(F)F)c2ccccc2O1. The van der Waals surface area contributed by atoms with E-state index in [1.807, 2.05) is 0 Å². The molecule has 0 fully saturated rings. The number of nitrogens with zero attached hydrogens (tertiary/aromatic N) is 1. The number of hydrogen-bond donors (Lipinski definition) is 0. The molecule has 1 unspecified atom stereocenters.